The summed E-state index contributed by atoms with van der Waals surface area (Å²) in [4.78, 5) is 31.1. The van der Waals surface area contributed by atoms with Gasteiger partial charge in [0.2, 0.25) is 0 Å². The van der Waals surface area contributed by atoms with Gasteiger partial charge >= 0.3 is 0 Å². The molecule has 2 aromatic heterocycles. The van der Waals surface area contributed by atoms with Crippen LogP contribution < -0.4 is 0 Å². The van der Waals surface area contributed by atoms with E-state index in [1.807, 2.05) is 41.7 Å². The van der Waals surface area contributed by atoms with Crippen molar-refractivity contribution in [1.29, 1.82) is 5.26 Å². The molecule has 3 heterocycles. The van der Waals surface area contributed by atoms with E-state index in [2.05, 4.69) is 11.1 Å². The molecular weight excluding hydrogens is 396 g/mol. The number of imide groups is 1. The number of hydrogen-bond acceptors (Lipinski definition) is 5. The predicted octanol–water partition coefficient (Wildman–Crippen LogP) is 4.06. The number of carbonyl (C=O) groups excluding carboxylic acids is 2. The molecule has 0 fully saturated rings. The van der Waals surface area contributed by atoms with Crippen LogP contribution in [0.5, 0.6) is 0 Å². The molecule has 2 amide bonds. The van der Waals surface area contributed by atoms with Crippen molar-refractivity contribution < 1.29 is 9.59 Å². The second-order valence-electron chi connectivity index (χ2n) is 7.07. The monoisotopic (exact) mass is 412 g/mol. The van der Waals surface area contributed by atoms with Gasteiger partial charge in [-0.1, -0.05) is 24.3 Å². The van der Waals surface area contributed by atoms with Gasteiger partial charge < -0.3 is 0 Å². The summed E-state index contributed by atoms with van der Waals surface area (Å²) in [6, 6.07) is 18.9. The zero-order valence-electron chi connectivity index (χ0n) is 16.1. The average molecular weight is 412 g/mol. The summed E-state index contributed by atoms with van der Waals surface area (Å²) < 4.78 is 1.98. The van der Waals surface area contributed by atoms with Gasteiger partial charge in [-0.15, -0.1) is 11.8 Å². The molecule has 2 aromatic carbocycles. The summed E-state index contributed by atoms with van der Waals surface area (Å²) in [5.41, 5.74) is 4.70. The molecule has 0 bridgehead atoms. The van der Waals surface area contributed by atoms with Gasteiger partial charge in [0.05, 0.1) is 32.7 Å². The first kappa shape index (κ1) is 18.4. The Kier molecular flexibility index (Phi) is 4.30. The number of aryl methyl sites for hydroxylation is 1. The van der Waals surface area contributed by atoms with E-state index in [-0.39, 0.29) is 11.8 Å². The van der Waals surface area contributed by atoms with Crippen LogP contribution in [0.2, 0.25) is 0 Å². The molecule has 6 nitrogen and oxygen atoms in total. The standard InChI is InChI=1S/C23H16N4O2S/c1-14-12-20(27-19-9-5-4-8-18(19)25-21(27)17(14)13-24)30-11-10-26-22(28)15-6-2-3-7-16(15)23(26)29/h2-9,12H,10-11H2,1H3. The van der Waals surface area contributed by atoms with Crippen molar-refractivity contribution in [1.82, 2.24) is 14.3 Å². The van der Waals surface area contributed by atoms with Gasteiger partial charge in [-0.3, -0.25) is 18.9 Å². The number of nitriles is 1. The number of rotatable bonds is 4. The van der Waals surface area contributed by atoms with E-state index in [4.69, 9.17) is 0 Å². The Morgan fingerprint density at radius 2 is 1.70 bits per heavy atom. The van der Waals surface area contributed by atoms with Gasteiger partial charge in [-0.2, -0.15) is 5.26 Å². The number of aromatic nitrogens is 2. The van der Waals surface area contributed by atoms with E-state index < -0.39 is 0 Å². The topological polar surface area (TPSA) is 78.5 Å². The first-order valence-electron chi connectivity index (χ1n) is 9.49. The summed E-state index contributed by atoms with van der Waals surface area (Å²) in [7, 11) is 0. The SMILES string of the molecule is Cc1cc(SCCN2C(=O)c3ccccc3C2=O)n2c(nc3ccccc32)c1C#N. The van der Waals surface area contributed by atoms with Gasteiger partial charge in [0.1, 0.15) is 6.07 Å². The minimum absolute atomic E-state index is 0.245. The molecule has 0 radical (unpaired) electrons. The smallest absolute Gasteiger partial charge is 0.261 e. The van der Waals surface area contributed by atoms with Crippen LogP contribution >= 0.6 is 11.8 Å². The molecule has 1 aliphatic heterocycles. The van der Waals surface area contributed by atoms with Crippen molar-refractivity contribution in [3.05, 3.63) is 76.9 Å². The van der Waals surface area contributed by atoms with Crippen molar-refractivity contribution in [3.63, 3.8) is 0 Å². The van der Waals surface area contributed by atoms with Gasteiger partial charge in [-0.25, -0.2) is 4.98 Å². The molecule has 0 saturated carbocycles. The van der Waals surface area contributed by atoms with Crippen molar-refractivity contribution >= 4 is 40.3 Å². The highest BCUT2D eigenvalue weighted by molar-refractivity contribution is 7.99. The molecule has 5 rings (SSSR count). The molecular formula is C23H16N4O2S. The maximum atomic E-state index is 12.6. The Hall–Kier alpha value is -3.63. The van der Waals surface area contributed by atoms with Gasteiger partial charge in [0.25, 0.3) is 11.8 Å². The molecule has 146 valence electrons. The highest BCUT2D eigenvalue weighted by Gasteiger charge is 2.34. The molecule has 1 aliphatic rings. The zero-order chi connectivity index (χ0) is 20.8. The molecule has 0 unspecified atom stereocenters. The average Bonchev–Trinajstić information content (AvgIpc) is 3.25. The summed E-state index contributed by atoms with van der Waals surface area (Å²) in [6.45, 7) is 2.20. The number of para-hydroxylation sites is 2. The number of amides is 2. The van der Waals surface area contributed by atoms with Crippen LogP contribution in [0.25, 0.3) is 16.7 Å². The van der Waals surface area contributed by atoms with E-state index in [1.54, 1.807) is 24.3 Å². The van der Waals surface area contributed by atoms with Gasteiger partial charge in [-0.05, 0) is 42.8 Å². The lowest BCUT2D eigenvalue weighted by Crippen LogP contribution is -2.31. The second kappa shape index (κ2) is 7.01. The quantitative estimate of drug-likeness (QED) is 0.373. The summed E-state index contributed by atoms with van der Waals surface area (Å²) >= 11 is 1.54. The maximum Gasteiger partial charge on any atom is 0.261 e. The fraction of sp³-hybridized carbons (Fsp3) is 0.130. The third kappa shape index (κ3) is 2.69. The van der Waals surface area contributed by atoms with Crippen LogP contribution in [-0.2, 0) is 0 Å². The minimum atomic E-state index is -0.245. The number of pyridine rings is 1. The molecule has 0 saturated heterocycles. The second-order valence-corrected chi connectivity index (χ2v) is 8.18. The third-order valence-electron chi connectivity index (χ3n) is 5.29. The van der Waals surface area contributed by atoms with Gasteiger partial charge in [0.15, 0.2) is 5.65 Å². The Balaban J connectivity index is 1.46. The Morgan fingerprint density at radius 3 is 2.40 bits per heavy atom. The lowest BCUT2D eigenvalue weighted by atomic mass is 10.1. The van der Waals surface area contributed by atoms with Gasteiger partial charge in [0, 0.05) is 12.3 Å². The first-order chi connectivity index (χ1) is 14.6. The molecule has 0 aliphatic carbocycles. The number of fused-ring (bicyclic) bond motifs is 4. The Morgan fingerprint density at radius 1 is 1.03 bits per heavy atom. The fourth-order valence-electron chi connectivity index (χ4n) is 3.84. The van der Waals surface area contributed by atoms with Crippen LogP contribution in [0.15, 0.2) is 59.6 Å². The van der Waals surface area contributed by atoms with Crippen LogP contribution in [0.4, 0.5) is 0 Å². The zero-order valence-corrected chi connectivity index (χ0v) is 16.9. The van der Waals surface area contributed by atoms with Crippen molar-refractivity contribution in [2.24, 2.45) is 0 Å². The molecule has 0 atom stereocenters. The van der Waals surface area contributed by atoms with E-state index in [0.717, 1.165) is 21.6 Å². The van der Waals surface area contributed by atoms with Crippen LogP contribution in [0, 0.1) is 18.3 Å². The van der Waals surface area contributed by atoms with E-state index >= 15 is 0 Å². The summed E-state index contributed by atoms with van der Waals surface area (Å²) in [6.07, 6.45) is 0. The predicted molar refractivity (Wildman–Crippen MR) is 115 cm³/mol. The van der Waals surface area contributed by atoms with Crippen molar-refractivity contribution in [2.75, 3.05) is 12.3 Å². The van der Waals surface area contributed by atoms with Crippen molar-refractivity contribution in [3.8, 4) is 6.07 Å². The highest BCUT2D eigenvalue weighted by atomic mass is 32.2. The Bertz CT molecular complexity index is 1360. The van der Waals surface area contributed by atoms with Crippen molar-refractivity contribution in [2.45, 2.75) is 11.9 Å². The summed E-state index contributed by atoms with van der Waals surface area (Å²) in [5, 5.41) is 10.5. The molecule has 7 heteroatoms. The van der Waals surface area contributed by atoms with E-state index in [1.165, 1.54) is 16.7 Å². The lowest BCUT2D eigenvalue weighted by Gasteiger charge is -2.14. The lowest BCUT2D eigenvalue weighted by molar-refractivity contribution is 0.0664. The van der Waals surface area contributed by atoms with E-state index in [9.17, 15) is 14.9 Å². The van der Waals surface area contributed by atoms with Crippen LogP contribution in [0.1, 0.15) is 31.8 Å². The maximum absolute atomic E-state index is 12.6. The minimum Gasteiger partial charge on any atom is -0.286 e. The van der Waals surface area contributed by atoms with Crippen LogP contribution in [0.3, 0.4) is 0 Å². The Labute approximate surface area is 176 Å². The third-order valence-corrected chi connectivity index (χ3v) is 6.28. The molecule has 4 aromatic rings. The number of carbonyl (C=O) groups is 2. The molecule has 0 N–H and O–H groups in total. The largest absolute Gasteiger partial charge is 0.286 e. The highest BCUT2D eigenvalue weighted by Crippen LogP contribution is 2.30. The number of imidazole rings is 1. The normalized spacial score (nSPS) is 13.3. The number of benzene rings is 2. The fourth-order valence-corrected chi connectivity index (χ4v) is 4.90. The summed E-state index contributed by atoms with van der Waals surface area (Å²) in [5.74, 6) is 0.0502. The van der Waals surface area contributed by atoms with Crippen LogP contribution in [-0.4, -0.2) is 38.4 Å². The molecule has 0 spiro atoms. The number of thioether (sulfide) groups is 1. The number of hydrogen-bond donors (Lipinski definition) is 0. The number of nitrogens with zero attached hydrogens (tertiary/aromatic N) is 4. The molecule has 30 heavy (non-hydrogen) atoms. The van der Waals surface area contributed by atoms with E-state index in [0.29, 0.717) is 34.6 Å². The first-order valence-corrected chi connectivity index (χ1v) is 10.5.